The van der Waals surface area contributed by atoms with Crippen LogP contribution in [0.4, 0.5) is 11.4 Å². The number of aryl methyl sites for hydroxylation is 1. The average molecular weight is 324 g/mol. The van der Waals surface area contributed by atoms with Gasteiger partial charge in [-0.3, -0.25) is 9.59 Å². The van der Waals surface area contributed by atoms with E-state index < -0.39 is 6.10 Å². The van der Waals surface area contributed by atoms with Gasteiger partial charge in [0.2, 0.25) is 5.91 Å². The zero-order valence-electron chi connectivity index (χ0n) is 13.8. The Morgan fingerprint density at radius 1 is 1.17 bits per heavy atom. The van der Waals surface area contributed by atoms with Gasteiger partial charge in [0, 0.05) is 12.6 Å². The number of amides is 2. The maximum absolute atomic E-state index is 12.5. The number of para-hydroxylation sites is 2. The van der Waals surface area contributed by atoms with Crippen LogP contribution in [0.15, 0.2) is 48.5 Å². The second-order valence-electron chi connectivity index (χ2n) is 5.74. The molecule has 0 fully saturated rings. The summed E-state index contributed by atoms with van der Waals surface area (Å²) in [5.41, 5.74) is 2.62. The Morgan fingerprint density at radius 3 is 2.54 bits per heavy atom. The van der Waals surface area contributed by atoms with Crippen molar-refractivity contribution in [3.63, 3.8) is 0 Å². The van der Waals surface area contributed by atoms with Gasteiger partial charge in [0.15, 0.2) is 6.10 Å². The molecular formula is C19H20N2O3. The molecule has 5 nitrogen and oxygen atoms in total. The molecule has 0 saturated carbocycles. The summed E-state index contributed by atoms with van der Waals surface area (Å²) in [4.78, 5) is 26.0. The van der Waals surface area contributed by atoms with Crippen LogP contribution in [0.1, 0.15) is 19.4 Å². The quantitative estimate of drug-likeness (QED) is 0.944. The minimum absolute atomic E-state index is 0.115. The topological polar surface area (TPSA) is 58.6 Å². The third-order valence-corrected chi connectivity index (χ3v) is 4.08. The molecule has 0 aliphatic carbocycles. The summed E-state index contributed by atoms with van der Waals surface area (Å²) < 4.78 is 5.79. The molecule has 0 spiro atoms. The second kappa shape index (κ2) is 6.74. The van der Waals surface area contributed by atoms with E-state index >= 15 is 0 Å². The zero-order chi connectivity index (χ0) is 17.1. The number of benzene rings is 2. The molecule has 1 N–H and O–H groups in total. The lowest BCUT2D eigenvalue weighted by Gasteiger charge is -2.33. The highest BCUT2D eigenvalue weighted by molar-refractivity contribution is 5.99. The molecule has 0 bridgehead atoms. The molecule has 5 heteroatoms. The molecule has 1 aliphatic rings. The van der Waals surface area contributed by atoms with Gasteiger partial charge in [0.05, 0.1) is 12.2 Å². The Morgan fingerprint density at radius 2 is 1.88 bits per heavy atom. The number of nitrogens with zero attached hydrogens (tertiary/aromatic N) is 1. The number of carbonyl (C=O) groups excluding carboxylic acids is 2. The molecule has 2 aromatic carbocycles. The van der Waals surface area contributed by atoms with Crippen molar-refractivity contribution in [1.82, 2.24) is 0 Å². The Bertz CT molecular complexity index is 755. The van der Waals surface area contributed by atoms with Gasteiger partial charge in [-0.05, 0) is 36.2 Å². The normalized spacial score (nSPS) is 16.1. The summed E-state index contributed by atoms with van der Waals surface area (Å²) in [6.07, 6.45) is 0.208. The standard InChI is InChI=1S/C19H20N2O3/c1-3-14-8-10-15(11-9-14)20-19(23)18-12-21(13(2)22)16-6-4-5-7-17(16)24-18/h4-11,18H,3,12H2,1-2H3,(H,20,23)/t18-/m1/s1. The third kappa shape index (κ3) is 3.25. The van der Waals surface area contributed by atoms with E-state index in [0.29, 0.717) is 17.1 Å². The number of carbonyl (C=O) groups is 2. The molecule has 2 amide bonds. The van der Waals surface area contributed by atoms with Crippen molar-refractivity contribution in [2.24, 2.45) is 0 Å². The lowest BCUT2D eigenvalue weighted by atomic mass is 10.1. The molecule has 0 radical (unpaired) electrons. The third-order valence-electron chi connectivity index (χ3n) is 4.08. The highest BCUT2D eigenvalue weighted by atomic mass is 16.5. The van der Waals surface area contributed by atoms with Crippen molar-refractivity contribution < 1.29 is 14.3 Å². The molecule has 0 unspecified atom stereocenters. The van der Waals surface area contributed by atoms with Crippen molar-refractivity contribution in [3.8, 4) is 5.75 Å². The number of hydrogen-bond acceptors (Lipinski definition) is 3. The molecule has 24 heavy (non-hydrogen) atoms. The van der Waals surface area contributed by atoms with Crippen LogP contribution in [0.25, 0.3) is 0 Å². The first kappa shape index (κ1) is 16.1. The lowest BCUT2D eigenvalue weighted by molar-refractivity contribution is -0.123. The van der Waals surface area contributed by atoms with E-state index in [1.807, 2.05) is 42.5 Å². The van der Waals surface area contributed by atoms with Crippen LogP contribution in [0, 0.1) is 0 Å². The van der Waals surface area contributed by atoms with Crippen molar-refractivity contribution in [1.29, 1.82) is 0 Å². The van der Waals surface area contributed by atoms with Gasteiger partial charge in [-0.1, -0.05) is 31.2 Å². The van der Waals surface area contributed by atoms with Crippen molar-refractivity contribution >= 4 is 23.2 Å². The van der Waals surface area contributed by atoms with Gasteiger partial charge in [0.25, 0.3) is 5.91 Å². The second-order valence-corrected chi connectivity index (χ2v) is 5.74. The minimum atomic E-state index is -0.741. The fraction of sp³-hybridized carbons (Fsp3) is 0.263. The lowest BCUT2D eigenvalue weighted by Crippen LogP contribution is -2.48. The van der Waals surface area contributed by atoms with Crippen LogP contribution in [-0.2, 0) is 16.0 Å². The van der Waals surface area contributed by atoms with Crippen LogP contribution in [0.2, 0.25) is 0 Å². The summed E-state index contributed by atoms with van der Waals surface area (Å²) in [7, 11) is 0. The molecule has 124 valence electrons. The maximum atomic E-state index is 12.5. The summed E-state index contributed by atoms with van der Waals surface area (Å²) >= 11 is 0. The average Bonchev–Trinajstić information content (AvgIpc) is 2.61. The van der Waals surface area contributed by atoms with E-state index in [2.05, 4.69) is 12.2 Å². The van der Waals surface area contributed by atoms with Gasteiger partial charge in [0.1, 0.15) is 5.75 Å². The molecule has 1 aliphatic heterocycles. The molecule has 1 heterocycles. The number of ether oxygens (including phenoxy) is 1. The van der Waals surface area contributed by atoms with Gasteiger partial charge < -0.3 is 15.0 Å². The largest absolute Gasteiger partial charge is 0.476 e. The van der Waals surface area contributed by atoms with Crippen molar-refractivity contribution in [2.45, 2.75) is 26.4 Å². The van der Waals surface area contributed by atoms with Gasteiger partial charge in [-0.2, -0.15) is 0 Å². The molecule has 0 saturated heterocycles. The van der Waals surface area contributed by atoms with Crippen LogP contribution in [0.3, 0.4) is 0 Å². The minimum Gasteiger partial charge on any atom is -0.476 e. The van der Waals surface area contributed by atoms with Gasteiger partial charge >= 0.3 is 0 Å². The first-order valence-electron chi connectivity index (χ1n) is 8.02. The predicted molar refractivity (Wildman–Crippen MR) is 93.3 cm³/mol. The first-order chi connectivity index (χ1) is 11.6. The van der Waals surface area contributed by atoms with Crippen LogP contribution < -0.4 is 15.0 Å². The summed E-state index contributed by atoms with van der Waals surface area (Å²) in [6, 6.07) is 14.9. The van der Waals surface area contributed by atoms with E-state index in [0.717, 1.165) is 6.42 Å². The van der Waals surface area contributed by atoms with Crippen molar-refractivity contribution in [2.75, 3.05) is 16.8 Å². The number of nitrogens with one attached hydrogen (secondary N) is 1. The van der Waals surface area contributed by atoms with E-state index in [1.54, 1.807) is 11.0 Å². The summed E-state index contributed by atoms with van der Waals surface area (Å²) in [6.45, 7) is 3.77. The van der Waals surface area contributed by atoms with Crippen molar-refractivity contribution in [3.05, 3.63) is 54.1 Å². The fourth-order valence-electron chi connectivity index (χ4n) is 2.72. The Kier molecular flexibility index (Phi) is 4.51. The molecular weight excluding hydrogens is 304 g/mol. The number of hydrogen-bond donors (Lipinski definition) is 1. The van der Waals surface area contributed by atoms with E-state index in [-0.39, 0.29) is 18.4 Å². The van der Waals surface area contributed by atoms with Crippen LogP contribution in [-0.4, -0.2) is 24.5 Å². The Labute approximate surface area is 141 Å². The molecule has 3 rings (SSSR count). The molecule has 0 aromatic heterocycles. The first-order valence-corrected chi connectivity index (χ1v) is 8.02. The van der Waals surface area contributed by atoms with E-state index in [4.69, 9.17) is 4.74 Å². The monoisotopic (exact) mass is 324 g/mol. The summed E-state index contributed by atoms with van der Waals surface area (Å²) in [5, 5.41) is 2.85. The zero-order valence-corrected chi connectivity index (χ0v) is 13.8. The number of anilines is 2. The predicted octanol–water partition coefficient (Wildman–Crippen LogP) is 3.00. The van der Waals surface area contributed by atoms with Gasteiger partial charge in [-0.25, -0.2) is 0 Å². The number of fused-ring (bicyclic) bond motifs is 1. The van der Waals surface area contributed by atoms with Crippen LogP contribution >= 0.6 is 0 Å². The molecule has 1 atom stereocenters. The Hall–Kier alpha value is -2.82. The fourth-order valence-corrected chi connectivity index (χ4v) is 2.72. The smallest absolute Gasteiger partial charge is 0.267 e. The SMILES string of the molecule is CCc1ccc(NC(=O)[C@H]2CN(C(C)=O)c3ccccc3O2)cc1. The highest BCUT2D eigenvalue weighted by Crippen LogP contribution is 2.33. The highest BCUT2D eigenvalue weighted by Gasteiger charge is 2.32. The summed E-state index contributed by atoms with van der Waals surface area (Å²) in [5.74, 6) is 0.163. The molecule has 2 aromatic rings. The Balaban J connectivity index is 1.77. The van der Waals surface area contributed by atoms with E-state index in [1.165, 1.54) is 12.5 Å². The van der Waals surface area contributed by atoms with E-state index in [9.17, 15) is 9.59 Å². The van der Waals surface area contributed by atoms with Gasteiger partial charge in [-0.15, -0.1) is 0 Å². The van der Waals surface area contributed by atoms with Crippen LogP contribution in [0.5, 0.6) is 5.75 Å². The maximum Gasteiger partial charge on any atom is 0.267 e. The number of rotatable bonds is 3.